The van der Waals surface area contributed by atoms with Crippen molar-refractivity contribution in [3.05, 3.63) is 40.5 Å². The van der Waals surface area contributed by atoms with Crippen LogP contribution >= 0.6 is 23.1 Å². The van der Waals surface area contributed by atoms with E-state index in [0.29, 0.717) is 28.2 Å². The predicted octanol–water partition coefficient (Wildman–Crippen LogP) is 5.57. The molecule has 3 heterocycles. The van der Waals surface area contributed by atoms with Crippen molar-refractivity contribution in [2.75, 3.05) is 11.1 Å². The van der Waals surface area contributed by atoms with Crippen molar-refractivity contribution in [2.24, 2.45) is 11.3 Å². The first-order chi connectivity index (χ1) is 16.4. The van der Waals surface area contributed by atoms with Crippen LogP contribution in [0, 0.1) is 22.7 Å². The Morgan fingerprint density at radius 1 is 1.32 bits per heavy atom. The maximum Gasteiger partial charge on any atom is 0.235 e. The summed E-state index contributed by atoms with van der Waals surface area (Å²) in [6, 6.07) is 6.14. The highest BCUT2D eigenvalue weighted by atomic mass is 32.2. The molecular formula is C25H30N6OS2. The number of thiophene rings is 1. The zero-order chi connectivity index (χ0) is 24.3. The van der Waals surface area contributed by atoms with Crippen molar-refractivity contribution in [1.82, 2.24) is 19.7 Å². The summed E-state index contributed by atoms with van der Waals surface area (Å²) in [5.41, 5.74) is 2.99. The molecule has 0 radical (unpaired) electrons. The smallest absolute Gasteiger partial charge is 0.235 e. The minimum absolute atomic E-state index is 0.137. The fourth-order valence-electron chi connectivity index (χ4n) is 4.44. The molecule has 4 rings (SSSR count). The highest BCUT2D eigenvalue weighted by Crippen LogP contribution is 2.45. The quantitative estimate of drug-likeness (QED) is 0.412. The van der Waals surface area contributed by atoms with Crippen LogP contribution in [0.5, 0.6) is 0 Å². The largest absolute Gasteiger partial charge is 0.316 e. The molecule has 0 fully saturated rings. The molecule has 3 aromatic heterocycles. The zero-order valence-electron chi connectivity index (χ0n) is 20.1. The fraction of sp³-hybridized carbons (Fsp3) is 0.480. The van der Waals surface area contributed by atoms with Crippen molar-refractivity contribution < 1.29 is 4.79 Å². The average molecular weight is 495 g/mol. The molecule has 1 atom stereocenters. The van der Waals surface area contributed by atoms with Gasteiger partial charge in [-0.25, -0.2) is 0 Å². The molecule has 0 saturated heterocycles. The molecule has 0 unspecified atom stereocenters. The maximum atomic E-state index is 12.8. The van der Waals surface area contributed by atoms with Crippen LogP contribution in [-0.4, -0.2) is 31.4 Å². The lowest BCUT2D eigenvalue weighted by Gasteiger charge is -2.36. The van der Waals surface area contributed by atoms with Gasteiger partial charge in [0.2, 0.25) is 5.91 Å². The number of anilines is 1. The first-order valence-electron chi connectivity index (χ1n) is 11.7. The summed E-state index contributed by atoms with van der Waals surface area (Å²) in [7, 11) is 0. The van der Waals surface area contributed by atoms with E-state index in [0.717, 1.165) is 42.6 Å². The molecule has 0 aromatic carbocycles. The lowest BCUT2D eigenvalue weighted by atomic mass is 9.69. The highest BCUT2D eigenvalue weighted by Gasteiger charge is 2.34. The Balaban J connectivity index is 1.45. The number of amides is 1. The van der Waals surface area contributed by atoms with E-state index >= 15 is 0 Å². The number of nitrogens with zero attached hydrogens (tertiary/aromatic N) is 5. The lowest BCUT2D eigenvalue weighted by Crippen LogP contribution is -2.28. The number of rotatable bonds is 8. The van der Waals surface area contributed by atoms with Gasteiger partial charge in [-0.05, 0) is 55.2 Å². The maximum absolute atomic E-state index is 12.8. The molecule has 34 heavy (non-hydrogen) atoms. The molecule has 0 aliphatic heterocycles. The van der Waals surface area contributed by atoms with Gasteiger partial charge in [0.15, 0.2) is 11.0 Å². The van der Waals surface area contributed by atoms with E-state index in [9.17, 15) is 10.1 Å². The van der Waals surface area contributed by atoms with Crippen LogP contribution in [0.2, 0.25) is 0 Å². The summed E-state index contributed by atoms with van der Waals surface area (Å²) >= 11 is 2.93. The minimum Gasteiger partial charge on any atom is -0.316 e. The topological polar surface area (TPSA) is 96.5 Å². The Kier molecular flexibility index (Phi) is 7.39. The number of fused-ring (bicyclic) bond motifs is 1. The van der Waals surface area contributed by atoms with E-state index < -0.39 is 0 Å². The third-order valence-electron chi connectivity index (χ3n) is 6.95. The van der Waals surface area contributed by atoms with E-state index in [4.69, 9.17) is 0 Å². The van der Waals surface area contributed by atoms with Crippen LogP contribution in [0.1, 0.15) is 56.5 Å². The molecule has 1 aliphatic rings. The first kappa shape index (κ1) is 24.4. The van der Waals surface area contributed by atoms with Crippen LogP contribution < -0.4 is 5.32 Å². The summed E-state index contributed by atoms with van der Waals surface area (Å²) in [5, 5.41) is 22.8. The van der Waals surface area contributed by atoms with Gasteiger partial charge in [-0.15, -0.1) is 21.5 Å². The van der Waals surface area contributed by atoms with Crippen molar-refractivity contribution in [2.45, 2.75) is 65.1 Å². The number of carbonyl (C=O) groups excluding carboxylic acids is 1. The summed E-state index contributed by atoms with van der Waals surface area (Å²) in [5.74, 6) is 1.42. The van der Waals surface area contributed by atoms with Crippen molar-refractivity contribution in [1.29, 1.82) is 5.26 Å². The molecule has 7 nitrogen and oxygen atoms in total. The summed E-state index contributed by atoms with van der Waals surface area (Å²) in [4.78, 5) is 18.1. The second kappa shape index (κ2) is 10.3. The first-order valence-corrected chi connectivity index (χ1v) is 13.5. The highest BCUT2D eigenvalue weighted by molar-refractivity contribution is 7.99. The summed E-state index contributed by atoms with van der Waals surface area (Å²) in [6.45, 7) is 9.63. The Bertz CT molecular complexity index is 1210. The zero-order valence-corrected chi connectivity index (χ0v) is 21.7. The minimum atomic E-state index is -0.137. The van der Waals surface area contributed by atoms with Crippen molar-refractivity contribution in [3.63, 3.8) is 0 Å². The number of carbonyl (C=O) groups is 1. The summed E-state index contributed by atoms with van der Waals surface area (Å²) in [6.07, 6.45) is 7.57. The van der Waals surface area contributed by atoms with Crippen molar-refractivity contribution in [3.8, 4) is 17.5 Å². The van der Waals surface area contributed by atoms with Gasteiger partial charge in [-0.3, -0.25) is 9.78 Å². The number of nitrogens with one attached hydrogen (secondary N) is 1. The van der Waals surface area contributed by atoms with Crippen LogP contribution in [0.25, 0.3) is 11.4 Å². The van der Waals surface area contributed by atoms with Gasteiger partial charge in [-0.2, -0.15) is 5.26 Å². The third kappa shape index (κ3) is 4.89. The van der Waals surface area contributed by atoms with Crippen LogP contribution in [0.4, 0.5) is 5.00 Å². The molecule has 0 bridgehead atoms. The van der Waals surface area contributed by atoms with Gasteiger partial charge in [0.05, 0.1) is 11.3 Å². The van der Waals surface area contributed by atoms with Gasteiger partial charge in [0, 0.05) is 29.4 Å². The average Bonchev–Trinajstić information content (AvgIpc) is 3.42. The van der Waals surface area contributed by atoms with E-state index in [1.54, 1.807) is 23.7 Å². The second-order valence-corrected chi connectivity index (χ2v) is 11.3. The lowest BCUT2D eigenvalue weighted by molar-refractivity contribution is -0.113. The number of hydrogen-bond donors (Lipinski definition) is 1. The Labute approximate surface area is 209 Å². The molecule has 1 aliphatic carbocycles. The Hall–Kier alpha value is -2.70. The summed E-state index contributed by atoms with van der Waals surface area (Å²) < 4.78 is 1.99. The molecule has 1 N–H and O–H groups in total. The molecule has 3 aromatic rings. The van der Waals surface area contributed by atoms with Crippen LogP contribution in [0.3, 0.4) is 0 Å². The number of pyridine rings is 1. The molecular weight excluding hydrogens is 464 g/mol. The SMILES string of the molecule is CCn1c(SCC(=O)Nc2sc3c(c2C#N)CC[C@@H](C(C)(C)CC)C3)nnc1-c1ccncc1. The van der Waals surface area contributed by atoms with E-state index in [1.807, 2.05) is 23.6 Å². The molecule has 9 heteroatoms. The van der Waals surface area contributed by atoms with Gasteiger partial charge < -0.3 is 9.88 Å². The van der Waals surface area contributed by atoms with Gasteiger partial charge in [-0.1, -0.05) is 39.0 Å². The second-order valence-electron chi connectivity index (χ2n) is 9.22. The molecule has 1 amide bonds. The normalized spacial score (nSPS) is 15.6. The molecule has 178 valence electrons. The number of hydrogen-bond acceptors (Lipinski definition) is 7. The monoisotopic (exact) mass is 494 g/mol. The van der Waals surface area contributed by atoms with E-state index in [-0.39, 0.29) is 17.1 Å². The van der Waals surface area contributed by atoms with Crippen LogP contribution in [-0.2, 0) is 24.2 Å². The Morgan fingerprint density at radius 2 is 2.09 bits per heavy atom. The van der Waals surface area contributed by atoms with Gasteiger partial charge in [0.25, 0.3) is 0 Å². The van der Waals surface area contributed by atoms with Crippen LogP contribution in [0.15, 0.2) is 29.7 Å². The third-order valence-corrected chi connectivity index (χ3v) is 9.09. The predicted molar refractivity (Wildman–Crippen MR) is 137 cm³/mol. The van der Waals surface area contributed by atoms with E-state index in [1.165, 1.54) is 16.6 Å². The Morgan fingerprint density at radius 3 is 2.76 bits per heavy atom. The standard InChI is InChI=1S/C25H30N6OS2/c1-5-25(3,4)17-7-8-18-19(14-26)23(34-20(18)13-17)28-21(32)15-33-24-30-29-22(31(24)6-2)16-9-11-27-12-10-16/h9-12,17H,5-8,13,15H2,1-4H3,(H,28,32)/t17-/m1/s1. The molecule has 0 saturated carbocycles. The van der Waals surface area contributed by atoms with Gasteiger partial charge in [0.1, 0.15) is 11.1 Å². The number of nitriles is 1. The molecule has 0 spiro atoms. The van der Waals surface area contributed by atoms with Gasteiger partial charge >= 0.3 is 0 Å². The van der Waals surface area contributed by atoms with E-state index in [2.05, 4.69) is 47.3 Å². The number of aromatic nitrogens is 4. The van der Waals surface area contributed by atoms with Crippen molar-refractivity contribution >= 4 is 34.0 Å². The number of thioether (sulfide) groups is 1. The fourth-order valence-corrected chi connectivity index (χ4v) is 6.53.